The van der Waals surface area contributed by atoms with E-state index in [4.69, 9.17) is 21.1 Å². The topological polar surface area (TPSA) is 220 Å². The summed E-state index contributed by atoms with van der Waals surface area (Å²) in [5.74, 6) is -5.17. The van der Waals surface area contributed by atoms with Gasteiger partial charge in [0.25, 0.3) is 0 Å². The SMILES string of the molecule is NCCCCC(NC(=O)C1CCCN1)C(=O)NC(CC(=O)O)C(=O)NC(CO)C(=O)O. The molecule has 1 aliphatic rings. The molecule has 0 radical (unpaired) electrons. The first-order valence-corrected chi connectivity index (χ1v) is 10.1. The number of nitrogens with two attached hydrogens (primary N) is 1. The maximum Gasteiger partial charge on any atom is 0.328 e. The lowest BCUT2D eigenvalue weighted by atomic mass is 10.1. The zero-order valence-corrected chi connectivity index (χ0v) is 17.1. The molecule has 4 atom stereocenters. The molecule has 3 amide bonds. The van der Waals surface area contributed by atoms with Gasteiger partial charge < -0.3 is 42.3 Å². The molecule has 1 saturated heterocycles. The molecule has 13 nitrogen and oxygen atoms in total. The molecular formula is C18H31N5O8. The third-order valence-corrected chi connectivity index (χ3v) is 4.77. The number of carbonyl (C=O) groups excluding carboxylic acids is 3. The van der Waals surface area contributed by atoms with Crippen LogP contribution in [-0.2, 0) is 24.0 Å². The minimum absolute atomic E-state index is 0.220. The first-order chi connectivity index (χ1) is 14.7. The molecule has 176 valence electrons. The first-order valence-electron chi connectivity index (χ1n) is 10.1. The van der Waals surface area contributed by atoms with E-state index >= 15 is 0 Å². The molecule has 0 spiro atoms. The average Bonchev–Trinajstić information content (AvgIpc) is 3.25. The van der Waals surface area contributed by atoms with Crippen molar-refractivity contribution in [3.05, 3.63) is 0 Å². The van der Waals surface area contributed by atoms with E-state index in [2.05, 4.69) is 16.0 Å². The number of aliphatic carboxylic acids is 2. The van der Waals surface area contributed by atoms with E-state index in [0.717, 1.165) is 6.42 Å². The van der Waals surface area contributed by atoms with E-state index in [1.165, 1.54) is 0 Å². The van der Waals surface area contributed by atoms with Crippen molar-refractivity contribution in [2.45, 2.75) is 62.7 Å². The number of rotatable bonds is 14. The van der Waals surface area contributed by atoms with Crippen molar-refractivity contribution in [3.8, 4) is 0 Å². The maximum atomic E-state index is 12.8. The molecule has 1 fully saturated rings. The minimum Gasteiger partial charge on any atom is -0.481 e. The zero-order chi connectivity index (χ0) is 23.4. The molecule has 0 aromatic carbocycles. The van der Waals surface area contributed by atoms with E-state index in [0.29, 0.717) is 32.4 Å². The highest BCUT2D eigenvalue weighted by Gasteiger charge is 2.32. The van der Waals surface area contributed by atoms with Crippen molar-refractivity contribution in [2.75, 3.05) is 19.7 Å². The van der Waals surface area contributed by atoms with Gasteiger partial charge >= 0.3 is 11.9 Å². The Balaban J connectivity index is 2.88. The minimum atomic E-state index is -1.66. The largest absolute Gasteiger partial charge is 0.481 e. The van der Waals surface area contributed by atoms with Gasteiger partial charge in [0, 0.05) is 0 Å². The third kappa shape index (κ3) is 9.27. The number of carboxylic acid groups (broad SMARTS) is 2. The smallest absolute Gasteiger partial charge is 0.328 e. The van der Waals surface area contributed by atoms with Gasteiger partial charge in [-0.1, -0.05) is 0 Å². The molecule has 0 saturated carbocycles. The van der Waals surface area contributed by atoms with Crippen molar-refractivity contribution < 1.29 is 39.3 Å². The monoisotopic (exact) mass is 445 g/mol. The molecule has 13 heteroatoms. The number of unbranched alkanes of at least 4 members (excludes halogenated alkanes) is 1. The molecular weight excluding hydrogens is 414 g/mol. The van der Waals surface area contributed by atoms with Gasteiger partial charge in [-0.25, -0.2) is 4.79 Å². The molecule has 1 aliphatic heterocycles. The van der Waals surface area contributed by atoms with Crippen molar-refractivity contribution in [1.29, 1.82) is 0 Å². The molecule has 31 heavy (non-hydrogen) atoms. The van der Waals surface area contributed by atoms with Gasteiger partial charge in [-0.05, 0) is 45.2 Å². The highest BCUT2D eigenvalue weighted by Crippen LogP contribution is 2.08. The van der Waals surface area contributed by atoms with Crippen molar-refractivity contribution >= 4 is 29.7 Å². The van der Waals surface area contributed by atoms with Crippen molar-refractivity contribution in [1.82, 2.24) is 21.3 Å². The Morgan fingerprint density at radius 3 is 2.13 bits per heavy atom. The van der Waals surface area contributed by atoms with Crippen LogP contribution < -0.4 is 27.0 Å². The van der Waals surface area contributed by atoms with Gasteiger partial charge in [0.1, 0.15) is 18.1 Å². The van der Waals surface area contributed by atoms with Gasteiger partial charge in [0.05, 0.1) is 19.1 Å². The van der Waals surface area contributed by atoms with Crippen molar-refractivity contribution in [2.24, 2.45) is 5.73 Å². The lowest BCUT2D eigenvalue weighted by molar-refractivity contribution is -0.144. The summed E-state index contributed by atoms with van der Waals surface area (Å²) in [5.41, 5.74) is 5.47. The number of carboxylic acids is 2. The number of nitrogens with one attached hydrogen (secondary N) is 4. The van der Waals surface area contributed by atoms with E-state index in [1.807, 2.05) is 5.32 Å². The Hall–Kier alpha value is -2.77. The second kappa shape index (κ2) is 13.5. The molecule has 1 heterocycles. The summed E-state index contributed by atoms with van der Waals surface area (Å²) >= 11 is 0. The van der Waals surface area contributed by atoms with Crippen LogP contribution in [-0.4, -0.2) is 88.8 Å². The normalized spacial score (nSPS) is 18.5. The standard InChI is InChI=1S/C18H31N5O8/c19-6-2-1-4-11(21-15(27)10-5-3-7-20-10)16(28)22-12(8-14(25)26)17(29)23-13(9-24)18(30)31/h10-13,20,24H,1-9,19H2,(H,21,27)(H,22,28)(H,23,29)(H,25,26)(H,30,31). The van der Waals surface area contributed by atoms with Crippen LogP contribution in [0.15, 0.2) is 0 Å². The fourth-order valence-corrected chi connectivity index (χ4v) is 3.06. The predicted octanol–water partition coefficient (Wildman–Crippen LogP) is -3.13. The number of hydrogen-bond acceptors (Lipinski definition) is 8. The van der Waals surface area contributed by atoms with E-state index in [9.17, 15) is 24.0 Å². The van der Waals surface area contributed by atoms with E-state index in [1.54, 1.807) is 0 Å². The van der Waals surface area contributed by atoms with Gasteiger partial charge in [0.2, 0.25) is 17.7 Å². The number of carbonyl (C=O) groups is 5. The molecule has 1 rings (SSSR count). The van der Waals surface area contributed by atoms with Crippen LogP contribution in [0.5, 0.6) is 0 Å². The zero-order valence-electron chi connectivity index (χ0n) is 17.1. The molecule has 0 aliphatic carbocycles. The molecule has 0 aromatic heterocycles. The Labute approximate surface area is 179 Å². The summed E-state index contributed by atoms with van der Waals surface area (Å²) in [6.45, 7) is 0.147. The van der Waals surface area contributed by atoms with Crippen LogP contribution in [0.1, 0.15) is 38.5 Å². The van der Waals surface area contributed by atoms with E-state index in [-0.39, 0.29) is 12.3 Å². The second-order valence-corrected chi connectivity index (χ2v) is 7.24. The van der Waals surface area contributed by atoms with Crippen LogP contribution in [0.2, 0.25) is 0 Å². The molecule has 4 unspecified atom stereocenters. The molecule has 9 N–H and O–H groups in total. The third-order valence-electron chi connectivity index (χ3n) is 4.77. The van der Waals surface area contributed by atoms with Crippen molar-refractivity contribution in [3.63, 3.8) is 0 Å². The quantitative estimate of drug-likeness (QED) is 0.126. The van der Waals surface area contributed by atoms with Gasteiger partial charge in [-0.3, -0.25) is 19.2 Å². The Morgan fingerprint density at radius 2 is 1.61 bits per heavy atom. The van der Waals surface area contributed by atoms with Crippen LogP contribution in [0.25, 0.3) is 0 Å². The first kappa shape index (κ1) is 26.3. The van der Waals surface area contributed by atoms with Crippen LogP contribution in [0.3, 0.4) is 0 Å². The fourth-order valence-electron chi connectivity index (χ4n) is 3.06. The summed E-state index contributed by atoms with van der Waals surface area (Å²) in [5, 5.41) is 36.9. The van der Waals surface area contributed by atoms with Crippen LogP contribution in [0, 0.1) is 0 Å². The summed E-state index contributed by atoms with van der Waals surface area (Å²) in [6, 6.07) is -4.73. The average molecular weight is 445 g/mol. The van der Waals surface area contributed by atoms with Gasteiger partial charge in [0.15, 0.2) is 0 Å². The number of amides is 3. The van der Waals surface area contributed by atoms with Crippen LogP contribution in [0.4, 0.5) is 0 Å². The predicted molar refractivity (Wildman–Crippen MR) is 107 cm³/mol. The lowest BCUT2D eigenvalue weighted by Gasteiger charge is -2.24. The number of aliphatic hydroxyl groups excluding tert-OH is 1. The summed E-state index contributed by atoms with van der Waals surface area (Å²) in [7, 11) is 0. The number of hydrogen-bond donors (Lipinski definition) is 8. The summed E-state index contributed by atoms with van der Waals surface area (Å²) in [6.07, 6.45) is 1.94. The molecule has 0 aromatic rings. The Bertz CT molecular complexity index is 653. The highest BCUT2D eigenvalue weighted by atomic mass is 16.4. The maximum absolute atomic E-state index is 12.8. The fraction of sp³-hybridized carbons (Fsp3) is 0.722. The Kier molecular flexibility index (Phi) is 11.5. The lowest BCUT2D eigenvalue weighted by Crippen LogP contribution is -2.57. The second-order valence-electron chi connectivity index (χ2n) is 7.24. The highest BCUT2D eigenvalue weighted by molar-refractivity contribution is 5.95. The summed E-state index contributed by atoms with van der Waals surface area (Å²) < 4.78 is 0. The molecule has 0 bridgehead atoms. The summed E-state index contributed by atoms with van der Waals surface area (Å²) in [4.78, 5) is 59.6. The Morgan fingerprint density at radius 1 is 0.968 bits per heavy atom. The van der Waals surface area contributed by atoms with E-state index < -0.39 is 60.9 Å². The van der Waals surface area contributed by atoms with Crippen LogP contribution >= 0.6 is 0 Å². The van der Waals surface area contributed by atoms with Gasteiger partial charge in [-0.2, -0.15) is 0 Å². The van der Waals surface area contributed by atoms with Gasteiger partial charge in [-0.15, -0.1) is 0 Å². The number of aliphatic hydroxyl groups is 1.